The maximum atomic E-state index is 2.50. The molecule has 0 radical (unpaired) electrons. The summed E-state index contributed by atoms with van der Waals surface area (Å²) in [4.78, 5) is 0. The predicted molar refractivity (Wildman–Crippen MR) is 71.5 cm³/mol. The highest BCUT2D eigenvalue weighted by atomic mass is 14.5. The molecule has 2 aliphatic rings. The normalized spacial score (nSPS) is 37.3. The first-order valence-electron chi connectivity index (χ1n) is 7.73. The molecule has 3 atom stereocenters. The topological polar surface area (TPSA) is 0 Å². The van der Waals surface area contributed by atoms with Gasteiger partial charge in [-0.15, -0.1) is 0 Å². The van der Waals surface area contributed by atoms with Crippen molar-refractivity contribution in [1.82, 2.24) is 0 Å². The van der Waals surface area contributed by atoms with Gasteiger partial charge in [-0.2, -0.15) is 0 Å². The summed E-state index contributed by atoms with van der Waals surface area (Å²) in [5, 5.41) is 0. The molecule has 0 bridgehead atoms. The zero-order valence-electron chi connectivity index (χ0n) is 11.6. The van der Waals surface area contributed by atoms with Crippen LogP contribution in [0.4, 0.5) is 0 Å². The monoisotopic (exact) mass is 222 g/mol. The Morgan fingerprint density at radius 1 is 1.00 bits per heavy atom. The third kappa shape index (κ3) is 2.05. The maximum absolute atomic E-state index is 2.50. The van der Waals surface area contributed by atoms with Crippen molar-refractivity contribution < 1.29 is 0 Å². The molecule has 0 aromatic rings. The highest BCUT2D eigenvalue weighted by molar-refractivity contribution is 4.98. The zero-order valence-corrected chi connectivity index (χ0v) is 11.6. The molecular weight excluding hydrogens is 192 g/mol. The van der Waals surface area contributed by atoms with E-state index in [0.717, 1.165) is 23.2 Å². The van der Waals surface area contributed by atoms with E-state index in [1.165, 1.54) is 38.5 Å². The molecule has 2 aliphatic carbocycles. The van der Waals surface area contributed by atoms with Gasteiger partial charge in [-0.3, -0.25) is 0 Å². The van der Waals surface area contributed by atoms with E-state index in [-0.39, 0.29) is 0 Å². The van der Waals surface area contributed by atoms with Crippen LogP contribution < -0.4 is 0 Å². The first kappa shape index (κ1) is 12.5. The van der Waals surface area contributed by atoms with Gasteiger partial charge in [0, 0.05) is 0 Å². The molecule has 16 heavy (non-hydrogen) atoms. The minimum atomic E-state index is 0.767. The molecule has 3 unspecified atom stereocenters. The van der Waals surface area contributed by atoms with Crippen molar-refractivity contribution in [2.24, 2.45) is 23.2 Å². The average Bonchev–Trinajstić information content (AvgIpc) is 2.61. The van der Waals surface area contributed by atoms with Crippen LogP contribution in [0.15, 0.2) is 0 Å². The fraction of sp³-hybridized carbons (Fsp3) is 1.00. The van der Waals surface area contributed by atoms with Gasteiger partial charge >= 0.3 is 0 Å². The van der Waals surface area contributed by atoms with Crippen LogP contribution in [0.3, 0.4) is 0 Å². The summed E-state index contributed by atoms with van der Waals surface area (Å²) in [5.74, 6) is 3.23. The molecule has 0 heterocycles. The molecule has 2 rings (SSSR count). The molecule has 2 fully saturated rings. The Bertz CT molecular complexity index is 212. The Labute approximate surface area is 102 Å². The van der Waals surface area contributed by atoms with Crippen LogP contribution in [0.25, 0.3) is 0 Å². The van der Waals surface area contributed by atoms with Gasteiger partial charge in [0.05, 0.1) is 0 Å². The van der Waals surface area contributed by atoms with E-state index in [1.54, 1.807) is 19.3 Å². The lowest BCUT2D eigenvalue weighted by Gasteiger charge is -2.47. The fourth-order valence-electron chi connectivity index (χ4n) is 4.87. The van der Waals surface area contributed by atoms with Gasteiger partial charge < -0.3 is 0 Å². The summed E-state index contributed by atoms with van der Waals surface area (Å²) in [5.41, 5.74) is 0.767. The number of hydrogen-bond acceptors (Lipinski definition) is 0. The number of hydrogen-bond donors (Lipinski definition) is 0. The van der Waals surface area contributed by atoms with E-state index in [4.69, 9.17) is 0 Å². The maximum Gasteiger partial charge on any atom is -0.0267 e. The summed E-state index contributed by atoms with van der Waals surface area (Å²) in [7, 11) is 0. The summed E-state index contributed by atoms with van der Waals surface area (Å²) >= 11 is 0. The van der Waals surface area contributed by atoms with E-state index in [1.807, 2.05) is 0 Å². The van der Waals surface area contributed by atoms with Gasteiger partial charge in [0.1, 0.15) is 0 Å². The Kier molecular flexibility index (Phi) is 3.97. The van der Waals surface area contributed by atoms with Crippen molar-refractivity contribution in [2.45, 2.75) is 78.6 Å². The second kappa shape index (κ2) is 5.10. The van der Waals surface area contributed by atoms with Gasteiger partial charge in [-0.1, -0.05) is 46.5 Å². The average molecular weight is 222 g/mol. The van der Waals surface area contributed by atoms with Crippen molar-refractivity contribution in [1.29, 1.82) is 0 Å². The lowest BCUT2D eigenvalue weighted by molar-refractivity contribution is 0.0256. The first-order chi connectivity index (χ1) is 7.73. The van der Waals surface area contributed by atoms with Crippen molar-refractivity contribution in [3.63, 3.8) is 0 Å². The Hall–Kier alpha value is 0. The van der Waals surface area contributed by atoms with Crippen LogP contribution >= 0.6 is 0 Å². The minimum absolute atomic E-state index is 0.767. The molecule has 0 aromatic carbocycles. The van der Waals surface area contributed by atoms with Gasteiger partial charge in [-0.05, 0) is 55.3 Å². The van der Waals surface area contributed by atoms with Crippen molar-refractivity contribution in [2.75, 3.05) is 0 Å². The van der Waals surface area contributed by atoms with Crippen LogP contribution in [-0.2, 0) is 0 Å². The quantitative estimate of drug-likeness (QED) is 0.582. The molecule has 0 aromatic heterocycles. The second-order valence-electron chi connectivity index (χ2n) is 6.58. The summed E-state index contributed by atoms with van der Waals surface area (Å²) in [6.45, 7) is 7.27. The van der Waals surface area contributed by atoms with Crippen molar-refractivity contribution >= 4 is 0 Å². The van der Waals surface area contributed by atoms with E-state index in [2.05, 4.69) is 20.8 Å². The second-order valence-corrected chi connectivity index (χ2v) is 6.58. The molecule has 94 valence electrons. The first-order valence-corrected chi connectivity index (χ1v) is 7.73. The number of rotatable bonds is 5. The predicted octanol–water partition coefficient (Wildman–Crippen LogP) is 5.42. The van der Waals surface area contributed by atoms with Crippen LogP contribution in [0.5, 0.6) is 0 Å². The molecule has 2 saturated carbocycles. The van der Waals surface area contributed by atoms with Crippen LogP contribution in [-0.4, -0.2) is 0 Å². The van der Waals surface area contributed by atoms with E-state index in [9.17, 15) is 0 Å². The molecule has 0 N–H and O–H groups in total. The Morgan fingerprint density at radius 3 is 2.12 bits per heavy atom. The zero-order chi connectivity index (χ0) is 11.6. The SMILES string of the molecule is CCCC1(CCC)CCCC1C1CCC1C. The lowest BCUT2D eigenvalue weighted by Crippen LogP contribution is -2.38. The summed E-state index contributed by atoms with van der Waals surface area (Å²) < 4.78 is 0. The minimum Gasteiger partial charge on any atom is -0.0654 e. The summed E-state index contributed by atoms with van der Waals surface area (Å²) in [6.07, 6.45) is 13.5. The smallest absolute Gasteiger partial charge is 0.0267 e. The molecule has 0 aliphatic heterocycles. The molecule has 0 saturated heterocycles. The van der Waals surface area contributed by atoms with Gasteiger partial charge in [0.2, 0.25) is 0 Å². The summed E-state index contributed by atoms with van der Waals surface area (Å²) in [6, 6.07) is 0. The van der Waals surface area contributed by atoms with E-state index >= 15 is 0 Å². The highest BCUT2D eigenvalue weighted by Gasteiger charge is 2.48. The third-order valence-electron chi connectivity index (χ3n) is 5.68. The molecule has 0 heteroatoms. The van der Waals surface area contributed by atoms with Gasteiger partial charge in [0.25, 0.3) is 0 Å². The van der Waals surface area contributed by atoms with Crippen molar-refractivity contribution in [3.8, 4) is 0 Å². The van der Waals surface area contributed by atoms with Gasteiger partial charge in [-0.25, -0.2) is 0 Å². The van der Waals surface area contributed by atoms with Crippen LogP contribution in [0, 0.1) is 23.2 Å². The van der Waals surface area contributed by atoms with E-state index in [0.29, 0.717) is 0 Å². The Morgan fingerprint density at radius 2 is 1.69 bits per heavy atom. The van der Waals surface area contributed by atoms with E-state index < -0.39 is 0 Å². The van der Waals surface area contributed by atoms with Gasteiger partial charge in [0.15, 0.2) is 0 Å². The fourth-order valence-corrected chi connectivity index (χ4v) is 4.87. The highest BCUT2D eigenvalue weighted by Crippen LogP contribution is 2.58. The Balaban J connectivity index is 2.08. The largest absolute Gasteiger partial charge is 0.0654 e. The van der Waals surface area contributed by atoms with Crippen LogP contribution in [0.2, 0.25) is 0 Å². The third-order valence-corrected chi connectivity index (χ3v) is 5.68. The molecule has 0 nitrogen and oxygen atoms in total. The molecule has 0 spiro atoms. The van der Waals surface area contributed by atoms with Crippen LogP contribution in [0.1, 0.15) is 78.6 Å². The van der Waals surface area contributed by atoms with Crippen molar-refractivity contribution in [3.05, 3.63) is 0 Å². The lowest BCUT2D eigenvalue weighted by atomic mass is 9.58. The molecule has 0 amide bonds. The standard InChI is InChI=1S/C16H30/c1-4-10-16(11-5-2)12-6-7-15(16)14-9-8-13(14)3/h13-15H,4-12H2,1-3H3. The molecular formula is C16H30.